The van der Waals surface area contributed by atoms with E-state index in [1.54, 1.807) is 13.1 Å². The zero-order valence-electron chi connectivity index (χ0n) is 27.5. The van der Waals surface area contributed by atoms with E-state index in [2.05, 4.69) is 29.8 Å². The van der Waals surface area contributed by atoms with Crippen LogP contribution in [0.4, 0.5) is 22.0 Å². The van der Waals surface area contributed by atoms with Gasteiger partial charge < -0.3 is 19.5 Å². The topological polar surface area (TPSA) is 112 Å². The minimum absolute atomic E-state index is 0.0346. The van der Waals surface area contributed by atoms with Crippen molar-refractivity contribution in [3.05, 3.63) is 70.8 Å². The summed E-state index contributed by atoms with van der Waals surface area (Å²) in [4.78, 5) is 26.9. The van der Waals surface area contributed by atoms with Crippen LogP contribution in [-0.2, 0) is 33.7 Å². The zero-order chi connectivity index (χ0) is 35.2. The number of esters is 1. The number of alkyl halides is 3. The summed E-state index contributed by atoms with van der Waals surface area (Å²) >= 11 is 0. The lowest BCUT2D eigenvalue weighted by Crippen LogP contribution is -2.36. The van der Waals surface area contributed by atoms with Gasteiger partial charge in [-0.05, 0) is 62.4 Å². The summed E-state index contributed by atoms with van der Waals surface area (Å²) in [7, 11) is -1.31. The van der Waals surface area contributed by atoms with Gasteiger partial charge in [0.1, 0.15) is 24.5 Å². The molecule has 1 fully saturated rings. The standard InChI is InChI=1S/C32H42F5N5O5Si/c1-5-47-31(45)22-6-8-25(9-7-22)42-29(32(35,36)37)26(17-38-42)30(44)40(18-21-14-23(33)16-24(34)15-21)19-28(43)27-10-11-41(39-27)20-46-12-13-48(2,3)4/h10-11,14-17,22,25,28,43H,5-9,12-13,18-20H2,1-4H3/t22-,25-,28?. The molecule has 16 heteroatoms. The van der Waals surface area contributed by atoms with Crippen LogP contribution in [0.5, 0.6) is 0 Å². The number of amides is 1. The second kappa shape index (κ2) is 15.7. The van der Waals surface area contributed by atoms with Crippen LogP contribution in [0.1, 0.15) is 72.1 Å². The molecule has 1 aliphatic rings. The summed E-state index contributed by atoms with van der Waals surface area (Å²) in [6, 6.07) is 4.24. The van der Waals surface area contributed by atoms with E-state index in [0.29, 0.717) is 25.5 Å². The molecule has 1 aromatic carbocycles. The largest absolute Gasteiger partial charge is 0.466 e. The van der Waals surface area contributed by atoms with Crippen molar-refractivity contribution in [1.82, 2.24) is 24.5 Å². The van der Waals surface area contributed by atoms with Gasteiger partial charge in [-0.15, -0.1) is 0 Å². The Morgan fingerprint density at radius 2 is 1.77 bits per heavy atom. The molecule has 10 nitrogen and oxygen atoms in total. The SMILES string of the molecule is CCOC(=O)[C@H]1CC[C@H](n2ncc(C(=O)N(Cc3cc(F)cc(F)c3)CC(O)c3ccn(COCC[Si](C)(C)C)n3)c2C(F)(F)F)CC1. The van der Waals surface area contributed by atoms with Crippen molar-refractivity contribution in [2.24, 2.45) is 5.92 Å². The normalized spacial score (nSPS) is 17.7. The summed E-state index contributed by atoms with van der Waals surface area (Å²) in [5.74, 6) is -3.85. The van der Waals surface area contributed by atoms with Crippen molar-refractivity contribution >= 4 is 20.0 Å². The molecular formula is C32H42F5N5O5Si. The summed E-state index contributed by atoms with van der Waals surface area (Å²) in [5.41, 5.74) is -1.97. The highest BCUT2D eigenvalue weighted by molar-refractivity contribution is 6.76. The number of carbonyl (C=O) groups excluding carboxylic acids is 2. The molecule has 0 aliphatic heterocycles. The third kappa shape index (κ3) is 9.95. The Morgan fingerprint density at radius 1 is 1.10 bits per heavy atom. The fraction of sp³-hybridized carbons (Fsp3) is 0.562. The van der Waals surface area contributed by atoms with Gasteiger partial charge in [0.05, 0.1) is 42.6 Å². The zero-order valence-corrected chi connectivity index (χ0v) is 28.5. The highest BCUT2D eigenvalue weighted by Gasteiger charge is 2.43. The maximum absolute atomic E-state index is 14.6. The number of carbonyl (C=O) groups is 2. The molecule has 0 saturated heterocycles. The van der Waals surface area contributed by atoms with E-state index in [9.17, 15) is 36.6 Å². The van der Waals surface area contributed by atoms with Crippen LogP contribution >= 0.6 is 0 Å². The van der Waals surface area contributed by atoms with Crippen LogP contribution in [0.25, 0.3) is 0 Å². The first-order chi connectivity index (χ1) is 22.6. The van der Waals surface area contributed by atoms with Gasteiger partial charge in [-0.1, -0.05) is 19.6 Å². The van der Waals surface area contributed by atoms with E-state index in [4.69, 9.17) is 9.47 Å². The second-order valence-electron chi connectivity index (χ2n) is 13.2. The minimum Gasteiger partial charge on any atom is -0.466 e. The van der Waals surface area contributed by atoms with Crippen LogP contribution < -0.4 is 0 Å². The Morgan fingerprint density at radius 3 is 2.38 bits per heavy atom. The van der Waals surface area contributed by atoms with Gasteiger partial charge in [-0.3, -0.25) is 14.3 Å². The summed E-state index contributed by atoms with van der Waals surface area (Å²) in [6.07, 6.45) is -3.08. The number of aromatic nitrogens is 4. The summed E-state index contributed by atoms with van der Waals surface area (Å²) in [5, 5.41) is 19.3. The van der Waals surface area contributed by atoms with Gasteiger partial charge in [-0.25, -0.2) is 13.5 Å². The van der Waals surface area contributed by atoms with E-state index in [-0.39, 0.29) is 37.4 Å². The van der Waals surface area contributed by atoms with E-state index >= 15 is 0 Å². The number of hydrogen-bond donors (Lipinski definition) is 1. The first-order valence-corrected chi connectivity index (χ1v) is 19.6. The minimum atomic E-state index is -5.00. The first-order valence-electron chi connectivity index (χ1n) is 15.9. The van der Waals surface area contributed by atoms with Crippen molar-refractivity contribution in [2.75, 3.05) is 19.8 Å². The molecule has 0 spiro atoms. The predicted octanol–water partition coefficient (Wildman–Crippen LogP) is 6.36. The molecule has 48 heavy (non-hydrogen) atoms. The van der Waals surface area contributed by atoms with Gasteiger partial charge in [0.2, 0.25) is 0 Å². The highest BCUT2D eigenvalue weighted by atomic mass is 28.3. The van der Waals surface area contributed by atoms with Crippen LogP contribution in [0, 0.1) is 17.6 Å². The summed E-state index contributed by atoms with van der Waals surface area (Å²) < 4.78 is 84.9. The Labute approximate surface area is 276 Å². The number of aliphatic hydroxyl groups excluding tert-OH is 1. The van der Waals surface area contributed by atoms with E-state index in [1.165, 1.54) is 10.7 Å². The lowest BCUT2D eigenvalue weighted by Gasteiger charge is -2.29. The summed E-state index contributed by atoms with van der Waals surface area (Å²) in [6.45, 7) is 8.09. The smallest absolute Gasteiger partial charge is 0.433 e. The molecule has 0 bridgehead atoms. The number of ether oxygens (including phenoxy) is 2. The van der Waals surface area contributed by atoms with Crippen LogP contribution in [0.2, 0.25) is 25.7 Å². The number of nitrogens with zero attached hydrogens (tertiary/aromatic N) is 5. The van der Waals surface area contributed by atoms with Crippen molar-refractivity contribution in [2.45, 2.75) is 89.9 Å². The van der Waals surface area contributed by atoms with Gasteiger partial charge >= 0.3 is 12.1 Å². The lowest BCUT2D eigenvalue weighted by atomic mass is 9.86. The fourth-order valence-electron chi connectivity index (χ4n) is 5.67. The van der Waals surface area contributed by atoms with Gasteiger partial charge in [-0.2, -0.15) is 23.4 Å². The number of aliphatic hydroxyl groups is 1. The van der Waals surface area contributed by atoms with Crippen LogP contribution in [0.3, 0.4) is 0 Å². The second-order valence-corrected chi connectivity index (χ2v) is 18.8. The van der Waals surface area contributed by atoms with Gasteiger partial charge in [0.25, 0.3) is 5.91 Å². The molecule has 1 saturated carbocycles. The van der Waals surface area contributed by atoms with Crippen LogP contribution in [0.15, 0.2) is 36.7 Å². The third-order valence-electron chi connectivity index (χ3n) is 8.16. The maximum Gasteiger partial charge on any atom is 0.433 e. The number of rotatable bonds is 14. The highest BCUT2D eigenvalue weighted by Crippen LogP contribution is 2.39. The molecule has 1 unspecified atom stereocenters. The average Bonchev–Trinajstić information content (AvgIpc) is 3.66. The number of benzene rings is 1. The average molecular weight is 700 g/mol. The molecule has 3 aromatic rings. The Balaban J connectivity index is 1.58. The number of halogens is 5. The molecular weight excluding hydrogens is 657 g/mol. The molecule has 264 valence electrons. The van der Waals surface area contributed by atoms with Crippen molar-refractivity contribution in [3.63, 3.8) is 0 Å². The van der Waals surface area contributed by atoms with Crippen molar-refractivity contribution < 1.29 is 46.1 Å². The molecule has 4 rings (SSSR count). The first kappa shape index (κ1) is 37.2. The van der Waals surface area contributed by atoms with Crippen LogP contribution in [-0.4, -0.2) is 69.3 Å². The van der Waals surface area contributed by atoms with E-state index in [1.807, 2.05) is 0 Å². The van der Waals surface area contributed by atoms with E-state index in [0.717, 1.165) is 34.0 Å². The molecule has 1 aliphatic carbocycles. The van der Waals surface area contributed by atoms with Crippen molar-refractivity contribution in [1.29, 1.82) is 0 Å². The lowest BCUT2D eigenvalue weighted by molar-refractivity contribution is -0.151. The number of hydrogen-bond acceptors (Lipinski definition) is 7. The third-order valence-corrected chi connectivity index (χ3v) is 9.86. The Bertz CT molecular complexity index is 1530. The Kier molecular flexibility index (Phi) is 12.2. The molecule has 0 radical (unpaired) electrons. The molecule has 1 amide bonds. The van der Waals surface area contributed by atoms with Gasteiger partial charge in [0, 0.05) is 33.5 Å². The maximum atomic E-state index is 14.6. The predicted molar refractivity (Wildman–Crippen MR) is 167 cm³/mol. The van der Waals surface area contributed by atoms with E-state index < -0.39 is 80.2 Å². The monoisotopic (exact) mass is 699 g/mol. The van der Waals surface area contributed by atoms with Gasteiger partial charge in [0.15, 0.2) is 5.69 Å². The quantitative estimate of drug-likeness (QED) is 0.0903. The fourth-order valence-corrected chi connectivity index (χ4v) is 6.43. The molecule has 1 N–H and O–H groups in total. The Hall–Kier alpha value is -3.63. The molecule has 1 atom stereocenters. The molecule has 2 heterocycles. The molecule has 2 aromatic heterocycles. The van der Waals surface area contributed by atoms with Crippen molar-refractivity contribution in [3.8, 4) is 0 Å².